The highest BCUT2D eigenvalue weighted by atomic mass is 35.5. The Bertz CT molecular complexity index is 525. The Kier molecular flexibility index (Phi) is 3.93. The number of ketones is 1. The average molecular weight is 306 g/mol. The lowest BCUT2D eigenvalue weighted by Crippen LogP contribution is -2.51. The third-order valence-corrected chi connectivity index (χ3v) is 3.34. The van der Waals surface area contributed by atoms with E-state index in [0.29, 0.717) is 0 Å². The standard InChI is InChI=1S/C11H9Cl2NO5/c1-18-11-8(15)4-9(11)19-10-6(12)2-5(14(16)17)3-7(10)13/h2-3,9,11H,4H2,1H3. The van der Waals surface area contributed by atoms with Gasteiger partial charge in [-0.1, -0.05) is 23.2 Å². The molecule has 0 heterocycles. The van der Waals surface area contributed by atoms with Gasteiger partial charge in [0.2, 0.25) is 0 Å². The number of nitro groups is 1. The summed E-state index contributed by atoms with van der Waals surface area (Å²) in [5.41, 5.74) is -0.227. The lowest BCUT2D eigenvalue weighted by atomic mass is 9.90. The zero-order chi connectivity index (χ0) is 14.2. The third-order valence-electron chi connectivity index (χ3n) is 2.77. The van der Waals surface area contributed by atoms with E-state index in [4.69, 9.17) is 32.7 Å². The van der Waals surface area contributed by atoms with Crippen LogP contribution >= 0.6 is 23.2 Å². The Balaban J connectivity index is 2.22. The first-order valence-corrected chi connectivity index (χ1v) is 6.05. The van der Waals surface area contributed by atoms with Crippen molar-refractivity contribution in [2.45, 2.75) is 18.6 Å². The minimum Gasteiger partial charge on any atom is -0.484 e. The quantitative estimate of drug-likeness (QED) is 0.631. The molecule has 19 heavy (non-hydrogen) atoms. The van der Waals surface area contributed by atoms with Crippen molar-refractivity contribution in [3.63, 3.8) is 0 Å². The number of methoxy groups -OCH3 is 1. The Morgan fingerprint density at radius 3 is 2.37 bits per heavy atom. The fourth-order valence-electron chi connectivity index (χ4n) is 1.77. The molecule has 2 atom stereocenters. The summed E-state index contributed by atoms with van der Waals surface area (Å²) in [6.07, 6.45) is -0.932. The van der Waals surface area contributed by atoms with Crippen LogP contribution in [0.1, 0.15) is 6.42 Å². The molecule has 2 unspecified atom stereocenters. The number of hydrogen-bond acceptors (Lipinski definition) is 5. The van der Waals surface area contributed by atoms with E-state index in [1.54, 1.807) is 0 Å². The molecule has 0 N–H and O–H groups in total. The number of Topliss-reactive ketones (excluding diaryl/α,β-unsaturated/α-hetero) is 1. The molecule has 0 bridgehead atoms. The van der Waals surface area contributed by atoms with Crippen LogP contribution in [-0.4, -0.2) is 30.0 Å². The molecule has 0 aromatic heterocycles. The van der Waals surface area contributed by atoms with Crippen molar-refractivity contribution < 1.29 is 19.2 Å². The van der Waals surface area contributed by atoms with E-state index in [2.05, 4.69) is 0 Å². The van der Waals surface area contributed by atoms with Crippen LogP contribution in [0.4, 0.5) is 5.69 Å². The van der Waals surface area contributed by atoms with Crippen molar-refractivity contribution in [1.82, 2.24) is 0 Å². The van der Waals surface area contributed by atoms with Gasteiger partial charge in [0.15, 0.2) is 17.6 Å². The average Bonchev–Trinajstić information content (AvgIpc) is 2.32. The van der Waals surface area contributed by atoms with Crippen LogP contribution in [0.2, 0.25) is 10.0 Å². The van der Waals surface area contributed by atoms with Gasteiger partial charge in [-0.2, -0.15) is 0 Å². The Labute approximate surface area is 118 Å². The van der Waals surface area contributed by atoms with E-state index in [0.717, 1.165) is 12.1 Å². The second-order valence-electron chi connectivity index (χ2n) is 3.98. The van der Waals surface area contributed by atoms with Gasteiger partial charge in [-0.05, 0) is 0 Å². The van der Waals surface area contributed by atoms with Crippen LogP contribution in [0, 0.1) is 10.1 Å². The first kappa shape index (κ1) is 14.0. The van der Waals surface area contributed by atoms with E-state index < -0.39 is 17.1 Å². The molecule has 102 valence electrons. The van der Waals surface area contributed by atoms with Crippen molar-refractivity contribution >= 4 is 34.7 Å². The summed E-state index contributed by atoms with van der Waals surface area (Å²) in [5, 5.41) is 10.7. The van der Waals surface area contributed by atoms with Gasteiger partial charge in [0, 0.05) is 25.7 Å². The molecule has 8 heteroatoms. The fraction of sp³-hybridized carbons (Fsp3) is 0.364. The van der Waals surface area contributed by atoms with Crippen molar-refractivity contribution in [2.75, 3.05) is 7.11 Å². The van der Waals surface area contributed by atoms with Crippen LogP contribution in [0.25, 0.3) is 0 Å². The molecular formula is C11H9Cl2NO5. The molecule has 0 aliphatic heterocycles. The summed E-state index contributed by atoms with van der Waals surface area (Å²) in [5.74, 6) is 0.0511. The van der Waals surface area contributed by atoms with E-state index in [9.17, 15) is 14.9 Å². The minimum atomic E-state index is -0.651. The molecule has 1 aromatic rings. The predicted octanol–water partition coefficient (Wildman–Crippen LogP) is 2.64. The lowest BCUT2D eigenvalue weighted by molar-refractivity contribution is -0.384. The summed E-state index contributed by atoms with van der Waals surface area (Å²) >= 11 is 11.8. The third kappa shape index (κ3) is 2.65. The highest BCUT2D eigenvalue weighted by molar-refractivity contribution is 6.37. The summed E-state index contributed by atoms with van der Waals surface area (Å²) in [6.45, 7) is 0. The topological polar surface area (TPSA) is 78.7 Å². The number of ether oxygens (including phenoxy) is 2. The van der Waals surface area contributed by atoms with Crippen LogP contribution in [0.15, 0.2) is 12.1 Å². The Morgan fingerprint density at radius 2 is 1.95 bits per heavy atom. The van der Waals surface area contributed by atoms with Crippen molar-refractivity contribution in [3.05, 3.63) is 32.3 Å². The van der Waals surface area contributed by atoms with Crippen LogP contribution in [0.5, 0.6) is 5.75 Å². The number of benzene rings is 1. The van der Waals surface area contributed by atoms with Gasteiger partial charge in [0.05, 0.1) is 15.0 Å². The van der Waals surface area contributed by atoms with Gasteiger partial charge in [-0.25, -0.2) is 0 Å². The molecule has 0 saturated heterocycles. The monoisotopic (exact) mass is 305 g/mol. The molecule has 1 saturated carbocycles. The highest BCUT2D eigenvalue weighted by Crippen LogP contribution is 2.39. The second-order valence-corrected chi connectivity index (χ2v) is 4.79. The number of non-ortho nitro benzene ring substituents is 1. The number of hydrogen-bond donors (Lipinski definition) is 0. The molecule has 1 aliphatic rings. The van der Waals surface area contributed by atoms with E-state index in [1.165, 1.54) is 7.11 Å². The normalized spacial score (nSPS) is 21.9. The number of halogens is 2. The van der Waals surface area contributed by atoms with Gasteiger partial charge in [-0.3, -0.25) is 14.9 Å². The smallest absolute Gasteiger partial charge is 0.272 e. The van der Waals surface area contributed by atoms with Gasteiger partial charge < -0.3 is 9.47 Å². The summed E-state index contributed by atoms with van der Waals surface area (Å²) < 4.78 is 10.4. The molecule has 0 spiro atoms. The maximum atomic E-state index is 11.2. The Morgan fingerprint density at radius 1 is 1.37 bits per heavy atom. The summed E-state index contributed by atoms with van der Waals surface area (Å²) in [4.78, 5) is 21.2. The van der Waals surface area contributed by atoms with E-state index in [-0.39, 0.29) is 33.7 Å². The second kappa shape index (κ2) is 5.32. The number of nitro benzene ring substituents is 1. The maximum Gasteiger partial charge on any atom is 0.272 e. The van der Waals surface area contributed by atoms with Gasteiger partial charge in [-0.15, -0.1) is 0 Å². The van der Waals surface area contributed by atoms with Gasteiger partial charge in [0.25, 0.3) is 5.69 Å². The molecular weight excluding hydrogens is 297 g/mol. The molecule has 6 nitrogen and oxygen atoms in total. The first-order valence-electron chi connectivity index (χ1n) is 5.29. The van der Waals surface area contributed by atoms with Crippen molar-refractivity contribution in [2.24, 2.45) is 0 Å². The van der Waals surface area contributed by atoms with Gasteiger partial charge >= 0.3 is 0 Å². The largest absolute Gasteiger partial charge is 0.484 e. The lowest BCUT2D eigenvalue weighted by Gasteiger charge is -2.34. The fourth-order valence-corrected chi connectivity index (χ4v) is 2.34. The van der Waals surface area contributed by atoms with Gasteiger partial charge in [0.1, 0.15) is 6.10 Å². The SMILES string of the molecule is COC1C(=O)CC1Oc1c(Cl)cc([N+](=O)[O-])cc1Cl. The zero-order valence-corrected chi connectivity index (χ0v) is 11.3. The van der Waals surface area contributed by atoms with Crippen LogP contribution in [-0.2, 0) is 9.53 Å². The molecule has 1 aromatic carbocycles. The predicted molar refractivity (Wildman–Crippen MR) is 68.0 cm³/mol. The number of carbonyl (C=O) groups is 1. The number of nitrogens with zero attached hydrogens (tertiary/aromatic N) is 1. The van der Waals surface area contributed by atoms with E-state index in [1.807, 2.05) is 0 Å². The molecule has 2 rings (SSSR count). The summed E-state index contributed by atoms with van der Waals surface area (Å²) in [6, 6.07) is 2.29. The van der Waals surface area contributed by atoms with Crippen LogP contribution < -0.4 is 4.74 Å². The molecule has 0 amide bonds. The van der Waals surface area contributed by atoms with E-state index >= 15 is 0 Å². The van der Waals surface area contributed by atoms with Crippen molar-refractivity contribution in [3.8, 4) is 5.75 Å². The molecule has 1 aliphatic carbocycles. The number of carbonyl (C=O) groups excluding carboxylic acids is 1. The van der Waals surface area contributed by atoms with Crippen LogP contribution in [0.3, 0.4) is 0 Å². The zero-order valence-electron chi connectivity index (χ0n) is 9.76. The minimum absolute atomic E-state index is 0.0217. The van der Waals surface area contributed by atoms with Crippen molar-refractivity contribution in [1.29, 1.82) is 0 Å². The maximum absolute atomic E-state index is 11.2. The number of rotatable bonds is 4. The highest BCUT2D eigenvalue weighted by Gasteiger charge is 2.42. The Hall–Kier alpha value is -1.37. The first-order chi connectivity index (χ1) is 8.93. The summed E-state index contributed by atoms with van der Waals surface area (Å²) in [7, 11) is 1.40. The molecule has 1 fully saturated rings. The molecule has 0 radical (unpaired) electrons.